The van der Waals surface area contributed by atoms with Gasteiger partial charge in [-0.2, -0.15) is 0 Å². The molecular weight excluding hydrogens is 272 g/mol. The molecule has 2 atom stereocenters. The monoisotopic (exact) mass is 294 g/mol. The first-order chi connectivity index (χ1) is 9.62. The highest BCUT2D eigenvalue weighted by molar-refractivity contribution is 7.86. The van der Waals surface area contributed by atoms with Gasteiger partial charge in [0.25, 0.3) is 0 Å². The van der Waals surface area contributed by atoms with Crippen LogP contribution in [0, 0.1) is 0 Å². The molecule has 2 heterocycles. The Labute approximate surface area is 122 Å². The van der Waals surface area contributed by atoms with Crippen molar-refractivity contribution in [1.29, 1.82) is 0 Å². The van der Waals surface area contributed by atoms with E-state index in [1.807, 2.05) is 24.3 Å². The second-order valence-corrected chi connectivity index (χ2v) is 7.96. The summed E-state index contributed by atoms with van der Waals surface area (Å²) in [7, 11) is -0.740. The Balaban J connectivity index is 1.83. The molecule has 4 heteroatoms. The number of benzene rings is 1. The quantitative estimate of drug-likeness (QED) is 0.929. The molecule has 0 saturated carbocycles. The van der Waals surface area contributed by atoms with E-state index in [0.29, 0.717) is 19.4 Å². The minimum atomic E-state index is -0.828. The van der Waals surface area contributed by atoms with Gasteiger partial charge >= 0.3 is 0 Å². The highest BCUT2D eigenvalue weighted by Crippen LogP contribution is 2.46. The fourth-order valence-corrected chi connectivity index (χ4v) is 5.57. The highest BCUT2D eigenvalue weighted by Gasteiger charge is 2.48. The van der Waals surface area contributed by atoms with Crippen LogP contribution in [0.3, 0.4) is 0 Å². The van der Waals surface area contributed by atoms with E-state index in [9.17, 15) is 9.32 Å². The van der Waals surface area contributed by atoms with Gasteiger partial charge in [-0.15, -0.1) is 0 Å². The molecule has 3 nitrogen and oxygen atoms in total. The maximum Gasteiger partial charge on any atom is 0.119 e. The zero-order chi connectivity index (χ0) is 14.2. The van der Waals surface area contributed by atoms with Crippen LogP contribution in [0.5, 0.6) is 5.75 Å². The van der Waals surface area contributed by atoms with Crippen LogP contribution in [0.25, 0.3) is 0 Å². The average molecular weight is 294 g/mol. The minimum Gasteiger partial charge on any atom is -0.494 e. The zero-order valence-corrected chi connectivity index (χ0v) is 12.7. The largest absolute Gasteiger partial charge is 0.494 e. The molecule has 2 fully saturated rings. The van der Waals surface area contributed by atoms with Gasteiger partial charge < -0.3 is 9.84 Å². The SMILES string of the molecule is CCCOc1cccc(C2(O)CC3CCC(C2)S3=O)c1. The van der Waals surface area contributed by atoms with Crippen LogP contribution in [0.15, 0.2) is 24.3 Å². The molecule has 2 aliphatic heterocycles. The lowest BCUT2D eigenvalue weighted by Crippen LogP contribution is -2.40. The van der Waals surface area contributed by atoms with Crippen molar-refractivity contribution in [2.75, 3.05) is 6.61 Å². The summed E-state index contributed by atoms with van der Waals surface area (Å²) >= 11 is 0. The molecule has 110 valence electrons. The lowest BCUT2D eigenvalue weighted by molar-refractivity contribution is 0.0182. The van der Waals surface area contributed by atoms with Crippen molar-refractivity contribution in [2.45, 2.75) is 55.1 Å². The summed E-state index contributed by atoms with van der Waals surface area (Å²) in [6.07, 6.45) is 4.19. The van der Waals surface area contributed by atoms with Crippen LogP contribution >= 0.6 is 0 Å². The van der Waals surface area contributed by atoms with Crippen LogP contribution < -0.4 is 4.74 Å². The van der Waals surface area contributed by atoms with Gasteiger partial charge in [0.1, 0.15) is 5.75 Å². The molecule has 0 aromatic heterocycles. The topological polar surface area (TPSA) is 46.5 Å². The number of aliphatic hydroxyl groups is 1. The van der Waals surface area contributed by atoms with E-state index in [4.69, 9.17) is 4.74 Å². The Morgan fingerprint density at radius 2 is 2.05 bits per heavy atom. The molecule has 1 aromatic carbocycles. The third-order valence-corrected chi connectivity index (χ3v) is 6.56. The number of ether oxygens (including phenoxy) is 1. The van der Waals surface area contributed by atoms with E-state index >= 15 is 0 Å². The molecule has 0 amide bonds. The van der Waals surface area contributed by atoms with Gasteiger partial charge in [0.05, 0.1) is 12.2 Å². The first kappa shape index (κ1) is 14.1. The van der Waals surface area contributed by atoms with Crippen molar-refractivity contribution in [3.8, 4) is 5.75 Å². The van der Waals surface area contributed by atoms with Crippen molar-refractivity contribution in [1.82, 2.24) is 0 Å². The van der Waals surface area contributed by atoms with Crippen molar-refractivity contribution in [2.24, 2.45) is 0 Å². The van der Waals surface area contributed by atoms with Crippen LogP contribution in [0.4, 0.5) is 0 Å². The van der Waals surface area contributed by atoms with E-state index < -0.39 is 16.4 Å². The summed E-state index contributed by atoms with van der Waals surface area (Å²) in [5, 5.41) is 11.3. The van der Waals surface area contributed by atoms with Gasteiger partial charge in [-0.1, -0.05) is 19.1 Å². The summed E-state index contributed by atoms with van der Waals surface area (Å²) < 4.78 is 17.7. The Morgan fingerprint density at radius 1 is 1.35 bits per heavy atom. The van der Waals surface area contributed by atoms with Crippen molar-refractivity contribution in [3.63, 3.8) is 0 Å². The predicted octanol–water partition coefficient (Wildman–Crippen LogP) is 2.74. The van der Waals surface area contributed by atoms with Crippen LogP contribution in [-0.4, -0.2) is 26.4 Å². The predicted molar refractivity (Wildman–Crippen MR) is 80.3 cm³/mol. The molecule has 1 aromatic rings. The first-order valence-electron chi connectivity index (χ1n) is 7.47. The van der Waals surface area contributed by atoms with Crippen molar-refractivity contribution < 1.29 is 14.1 Å². The second kappa shape index (κ2) is 5.49. The molecule has 0 radical (unpaired) electrons. The highest BCUT2D eigenvalue weighted by atomic mass is 32.2. The van der Waals surface area contributed by atoms with E-state index in [-0.39, 0.29) is 10.5 Å². The first-order valence-corrected chi connectivity index (χ1v) is 8.75. The Hall–Kier alpha value is -0.870. The average Bonchev–Trinajstić information content (AvgIpc) is 2.68. The second-order valence-electron chi connectivity index (χ2n) is 5.97. The molecule has 2 saturated heterocycles. The maximum absolute atomic E-state index is 12.1. The zero-order valence-electron chi connectivity index (χ0n) is 11.9. The number of rotatable bonds is 4. The molecule has 2 aliphatic rings. The standard InChI is InChI=1S/C16H22O3S/c1-2-8-19-13-5-3-4-12(9-13)16(17)10-14-6-7-15(11-16)20(14)18/h3-5,9,14-15,17H,2,6-8,10-11H2,1H3. The van der Waals surface area contributed by atoms with Crippen LogP contribution in [0.1, 0.15) is 44.6 Å². The molecule has 1 N–H and O–H groups in total. The van der Waals surface area contributed by atoms with E-state index in [2.05, 4.69) is 6.92 Å². The summed E-state index contributed by atoms with van der Waals surface area (Å²) in [4.78, 5) is 0. The number of hydrogen-bond acceptors (Lipinski definition) is 3. The van der Waals surface area contributed by atoms with Gasteiger partial charge in [-0.25, -0.2) is 0 Å². The van der Waals surface area contributed by atoms with E-state index in [0.717, 1.165) is 30.6 Å². The smallest absolute Gasteiger partial charge is 0.119 e. The van der Waals surface area contributed by atoms with Gasteiger partial charge in [0.2, 0.25) is 0 Å². The fraction of sp³-hybridized carbons (Fsp3) is 0.625. The third-order valence-electron chi connectivity index (χ3n) is 4.44. The molecule has 3 rings (SSSR count). The maximum atomic E-state index is 12.1. The Bertz CT molecular complexity index is 498. The third kappa shape index (κ3) is 2.51. The van der Waals surface area contributed by atoms with Gasteiger partial charge in [0, 0.05) is 21.3 Å². The van der Waals surface area contributed by atoms with Crippen molar-refractivity contribution in [3.05, 3.63) is 29.8 Å². The van der Waals surface area contributed by atoms with E-state index in [1.165, 1.54) is 0 Å². The Morgan fingerprint density at radius 3 is 2.70 bits per heavy atom. The lowest BCUT2D eigenvalue weighted by Gasteiger charge is -2.36. The molecule has 0 aliphatic carbocycles. The van der Waals surface area contributed by atoms with Crippen molar-refractivity contribution >= 4 is 10.8 Å². The molecule has 20 heavy (non-hydrogen) atoms. The minimum absolute atomic E-state index is 0.166. The molecule has 2 bridgehead atoms. The molecule has 0 spiro atoms. The van der Waals surface area contributed by atoms with Gasteiger partial charge in [0.15, 0.2) is 0 Å². The summed E-state index contributed by atoms with van der Waals surface area (Å²) in [5.41, 5.74) is 0.0883. The lowest BCUT2D eigenvalue weighted by atomic mass is 9.86. The number of fused-ring (bicyclic) bond motifs is 2. The van der Waals surface area contributed by atoms with E-state index in [1.54, 1.807) is 0 Å². The van der Waals surface area contributed by atoms with Gasteiger partial charge in [-0.05, 0) is 49.8 Å². The Kier molecular flexibility index (Phi) is 3.87. The van der Waals surface area contributed by atoms with Crippen LogP contribution in [-0.2, 0) is 16.4 Å². The number of hydrogen-bond donors (Lipinski definition) is 1. The van der Waals surface area contributed by atoms with Gasteiger partial charge in [-0.3, -0.25) is 4.21 Å². The fourth-order valence-electron chi connectivity index (χ4n) is 3.41. The normalized spacial score (nSPS) is 36.0. The molecule has 2 unspecified atom stereocenters. The molecular formula is C16H22O3S. The summed E-state index contributed by atoms with van der Waals surface area (Å²) in [6.45, 7) is 2.77. The van der Waals surface area contributed by atoms with Crippen LogP contribution in [0.2, 0.25) is 0 Å². The summed E-state index contributed by atoms with van der Waals surface area (Å²) in [6, 6.07) is 7.78. The summed E-state index contributed by atoms with van der Waals surface area (Å²) in [5.74, 6) is 0.816.